The highest BCUT2D eigenvalue weighted by Crippen LogP contribution is 2.21. The van der Waals surface area contributed by atoms with E-state index in [-0.39, 0.29) is 9.85 Å². The van der Waals surface area contributed by atoms with Crippen molar-refractivity contribution in [2.24, 2.45) is 0 Å². The van der Waals surface area contributed by atoms with Crippen LogP contribution in [0.2, 0.25) is 5.02 Å². The van der Waals surface area contributed by atoms with Crippen LogP contribution in [0.1, 0.15) is 17.4 Å². The number of halogens is 3. The van der Waals surface area contributed by atoms with Crippen LogP contribution in [0.15, 0.2) is 24.4 Å². The Morgan fingerprint density at radius 2 is 2.25 bits per heavy atom. The van der Waals surface area contributed by atoms with E-state index in [9.17, 15) is 4.39 Å². The molecular weight excluding hydrogens is 296 g/mol. The van der Waals surface area contributed by atoms with Crippen LogP contribution in [-0.2, 0) is 0 Å². The lowest BCUT2D eigenvalue weighted by Gasteiger charge is -2.01. The van der Waals surface area contributed by atoms with Gasteiger partial charge in [-0.3, -0.25) is 0 Å². The first-order valence-electron chi connectivity index (χ1n) is 4.59. The van der Waals surface area contributed by atoms with Gasteiger partial charge in [-0.25, -0.2) is 9.07 Å². The quantitative estimate of drug-likeness (QED) is 0.795. The lowest BCUT2D eigenvalue weighted by Crippen LogP contribution is -1.95. The van der Waals surface area contributed by atoms with Gasteiger partial charge in [-0.1, -0.05) is 32.7 Å². The van der Waals surface area contributed by atoms with Gasteiger partial charge in [-0.15, -0.1) is 5.10 Å². The van der Waals surface area contributed by atoms with Gasteiger partial charge in [0, 0.05) is 0 Å². The molecule has 0 aliphatic carbocycles. The number of benzene rings is 1. The minimum absolute atomic E-state index is 0.0708. The molecule has 0 radical (unpaired) electrons. The zero-order valence-electron chi connectivity index (χ0n) is 8.36. The Morgan fingerprint density at radius 1 is 1.50 bits per heavy atom. The second kappa shape index (κ2) is 4.51. The topological polar surface area (TPSA) is 30.7 Å². The Bertz CT molecular complexity index is 513. The predicted octanol–water partition coefficient (Wildman–Crippen LogP) is 3.52. The summed E-state index contributed by atoms with van der Waals surface area (Å²) < 4.78 is 14.5. The molecule has 0 N–H and O–H groups in total. The molecule has 0 spiro atoms. The van der Waals surface area contributed by atoms with E-state index < -0.39 is 5.82 Å². The third-order valence-corrected chi connectivity index (χ3v) is 2.85. The Hall–Kier alpha value is -0.940. The minimum Gasteiger partial charge on any atom is -0.220 e. The average Bonchev–Trinajstić information content (AvgIpc) is 2.71. The summed E-state index contributed by atoms with van der Waals surface area (Å²) in [5.41, 5.74) is 1.48. The Morgan fingerprint density at radius 3 is 2.81 bits per heavy atom. The summed E-state index contributed by atoms with van der Waals surface area (Å²) in [5.74, 6) is -0.445. The maximum Gasteiger partial charge on any atom is 0.141 e. The minimum atomic E-state index is -0.445. The van der Waals surface area contributed by atoms with Crippen LogP contribution in [0, 0.1) is 5.82 Å². The first-order valence-corrected chi connectivity index (χ1v) is 5.89. The highest BCUT2D eigenvalue weighted by molar-refractivity contribution is 9.09. The second-order valence-corrected chi connectivity index (χ2v) is 5.08. The van der Waals surface area contributed by atoms with Crippen molar-refractivity contribution in [2.45, 2.75) is 11.8 Å². The molecule has 1 atom stereocenters. The molecule has 6 heteroatoms. The zero-order chi connectivity index (χ0) is 11.7. The molecule has 16 heavy (non-hydrogen) atoms. The van der Waals surface area contributed by atoms with Crippen molar-refractivity contribution in [1.82, 2.24) is 15.0 Å². The van der Waals surface area contributed by atoms with E-state index in [1.165, 1.54) is 12.1 Å². The molecule has 0 bridgehead atoms. The molecule has 0 aliphatic rings. The highest BCUT2D eigenvalue weighted by Gasteiger charge is 2.08. The Balaban J connectivity index is 2.39. The molecule has 2 aromatic rings. The molecular formula is C10H8BrClFN3. The number of rotatable bonds is 2. The third kappa shape index (κ3) is 2.25. The third-order valence-electron chi connectivity index (χ3n) is 2.09. The van der Waals surface area contributed by atoms with Crippen LogP contribution in [-0.4, -0.2) is 15.0 Å². The van der Waals surface area contributed by atoms with Gasteiger partial charge in [0.1, 0.15) is 5.82 Å². The van der Waals surface area contributed by atoms with Gasteiger partial charge in [0.25, 0.3) is 0 Å². The van der Waals surface area contributed by atoms with Gasteiger partial charge >= 0.3 is 0 Å². The SMILES string of the molecule is CC(Br)c1cn(-c2ccc(F)c(Cl)c2)nn1. The van der Waals surface area contributed by atoms with E-state index >= 15 is 0 Å². The maximum absolute atomic E-state index is 13.0. The van der Waals surface area contributed by atoms with Gasteiger partial charge in [0.2, 0.25) is 0 Å². The molecule has 0 saturated heterocycles. The van der Waals surface area contributed by atoms with Crippen LogP contribution in [0.25, 0.3) is 5.69 Å². The summed E-state index contributed by atoms with van der Waals surface area (Å²) in [6.45, 7) is 1.95. The summed E-state index contributed by atoms with van der Waals surface area (Å²) in [6.07, 6.45) is 1.77. The lowest BCUT2D eigenvalue weighted by molar-refractivity contribution is 0.627. The van der Waals surface area contributed by atoms with Gasteiger partial charge in [0.15, 0.2) is 0 Å². The van der Waals surface area contributed by atoms with E-state index in [0.717, 1.165) is 5.69 Å². The fourth-order valence-corrected chi connectivity index (χ4v) is 1.60. The molecule has 1 unspecified atom stereocenters. The smallest absolute Gasteiger partial charge is 0.141 e. The number of aromatic nitrogens is 3. The van der Waals surface area contributed by atoms with Gasteiger partial charge in [0.05, 0.1) is 27.4 Å². The van der Waals surface area contributed by atoms with Crippen LogP contribution in [0.5, 0.6) is 0 Å². The molecule has 1 heterocycles. The summed E-state index contributed by atoms with van der Waals surface area (Å²) in [4.78, 5) is 0.122. The monoisotopic (exact) mass is 303 g/mol. The van der Waals surface area contributed by atoms with E-state index in [4.69, 9.17) is 11.6 Å². The fraction of sp³-hybridized carbons (Fsp3) is 0.200. The molecule has 2 rings (SSSR count). The van der Waals surface area contributed by atoms with Gasteiger partial charge in [-0.2, -0.15) is 0 Å². The fourth-order valence-electron chi connectivity index (χ4n) is 1.21. The van der Waals surface area contributed by atoms with Crippen LogP contribution in [0.3, 0.4) is 0 Å². The predicted molar refractivity (Wildman–Crippen MR) is 63.7 cm³/mol. The van der Waals surface area contributed by atoms with Gasteiger partial charge < -0.3 is 0 Å². The summed E-state index contributed by atoms with van der Waals surface area (Å²) in [5, 5.41) is 7.98. The molecule has 0 aliphatic heterocycles. The summed E-state index contributed by atoms with van der Waals surface area (Å²) in [6, 6.07) is 4.41. The standard InChI is InChI=1S/C10H8BrClFN3/c1-6(11)10-5-16(15-14-10)7-2-3-9(13)8(12)4-7/h2-6H,1H3. The second-order valence-electron chi connectivity index (χ2n) is 3.30. The molecule has 84 valence electrons. The first kappa shape index (κ1) is 11.5. The van der Waals surface area contributed by atoms with Crippen molar-refractivity contribution < 1.29 is 4.39 Å². The molecule has 1 aromatic heterocycles. The molecule has 0 saturated carbocycles. The first-order chi connectivity index (χ1) is 7.58. The van der Waals surface area contributed by atoms with E-state index in [1.54, 1.807) is 16.9 Å². The summed E-state index contributed by atoms with van der Waals surface area (Å²) in [7, 11) is 0. The van der Waals surface area contributed by atoms with Crippen LogP contribution in [0.4, 0.5) is 4.39 Å². The lowest BCUT2D eigenvalue weighted by atomic mass is 10.3. The average molecular weight is 305 g/mol. The maximum atomic E-state index is 13.0. The van der Waals surface area contributed by atoms with Crippen LogP contribution < -0.4 is 0 Å². The zero-order valence-corrected chi connectivity index (χ0v) is 10.7. The van der Waals surface area contributed by atoms with E-state index in [0.29, 0.717) is 5.69 Å². The number of hydrogen-bond acceptors (Lipinski definition) is 2. The number of hydrogen-bond donors (Lipinski definition) is 0. The van der Waals surface area contributed by atoms with Crippen molar-refractivity contribution in [3.05, 3.63) is 40.9 Å². The molecule has 0 amide bonds. The summed E-state index contributed by atoms with van der Waals surface area (Å²) >= 11 is 9.08. The number of alkyl halides is 1. The Kier molecular flexibility index (Phi) is 3.25. The molecule has 3 nitrogen and oxygen atoms in total. The van der Waals surface area contributed by atoms with Crippen molar-refractivity contribution in [1.29, 1.82) is 0 Å². The highest BCUT2D eigenvalue weighted by atomic mass is 79.9. The molecule has 0 fully saturated rings. The molecule has 1 aromatic carbocycles. The van der Waals surface area contributed by atoms with Crippen molar-refractivity contribution in [3.63, 3.8) is 0 Å². The normalized spacial score (nSPS) is 12.8. The Labute approximate surface area is 105 Å². The van der Waals surface area contributed by atoms with Crippen molar-refractivity contribution in [3.8, 4) is 5.69 Å². The van der Waals surface area contributed by atoms with E-state index in [1.807, 2.05) is 6.92 Å². The van der Waals surface area contributed by atoms with Gasteiger partial charge in [-0.05, 0) is 25.1 Å². The van der Waals surface area contributed by atoms with Crippen LogP contribution >= 0.6 is 27.5 Å². The van der Waals surface area contributed by atoms with Crippen molar-refractivity contribution in [2.75, 3.05) is 0 Å². The largest absolute Gasteiger partial charge is 0.220 e. The van der Waals surface area contributed by atoms with Crippen molar-refractivity contribution >= 4 is 27.5 Å². The number of nitrogens with zero attached hydrogens (tertiary/aromatic N) is 3. The van der Waals surface area contributed by atoms with E-state index in [2.05, 4.69) is 26.2 Å².